The van der Waals surface area contributed by atoms with Crippen LogP contribution in [0.1, 0.15) is 50.8 Å². The maximum atomic E-state index is 2.38. The van der Waals surface area contributed by atoms with Crippen molar-refractivity contribution >= 4 is 10.8 Å². The van der Waals surface area contributed by atoms with E-state index in [4.69, 9.17) is 0 Å². The summed E-state index contributed by atoms with van der Waals surface area (Å²) in [5.74, 6) is 0. The van der Waals surface area contributed by atoms with Crippen LogP contribution in [0.5, 0.6) is 0 Å². The first-order chi connectivity index (χ1) is 8.33. The van der Waals surface area contributed by atoms with E-state index in [1.54, 1.807) is 0 Å². The summed E-state index contributed by atoms with van der Waals surface area (Å²) in [5, 5.41) is 2.95. The SMILES string of the molecule is Cc1ccc2c3c(cccc13)C(C)(C)CC2(C)C. The molecule has 0 atom stereocenters. The van der Waals surface area contributed by atoms with Gasteiger partial charge in [-0.15, -0.1) is 0 Å². The van der Waals surface area contributed by atoms with E-state index < -0.39 is 0 Å². The molecule has 0 saturated heterocycles. The fourth-order valence-corrected chi connectivity index (χ4v) is 3.98. The molecular formula is C18H22. The summed E-state index contributed by atoms with van der Waals surface area (Å²) < 4.78 is 0. The minimum Gasteiger partial charge on any atom is -0.0613 e. The van der Waals surface area contributed by atoms with Crippen molar-refractivity contribution in [3.05, 3.63) is 47.0 Å². The molecule has 0 aromatic heterocycles. The lowest BCUT2D eigenvalue weighted by molar-refractivity contribution is 0.341. The Bertz CT molecular complexity index is 610. The summed E-state index contributed by atoms with van der Waals surface area (Å²) in [7, 11) is 0. The lowest BCUT2D eigenvalue weighted by Crippen LogP contribution is -2.34. The van der Waals surface area contributed by atoms with Gasteiger partial charge in [-0.05, 0) is 51.6 Å². The van der Waals surface area contributed by atoms with Crippen LogP contribution in [-0.2, 0) is 10.8 Å². The van der Waals surface area contributed by atoms with E-state index in [9.17, 15) is 0 Å². The van der Waals surface area contributed by atoms with Gasteiger partial charge in [-0.25, -0.2) is 0 Å². The van der Waals surface area contributed by atoms with Crippen LogP contribution >= 0.6 is 0 Å². The van der Waals surface area contributed by atoms with Gasteiger partial charge in [0.2, 0.25) is 0 Å². The zero-order valence-electron chi connectivity index (χ0n) is 12.1. The van der Waals surface area contributed by atoms with Crippen LogP contribution in [0.3, 0.4) is 0 Å². The lowest BCUT2D eigenvalue weighted by atomic mass is 9.61. The first-order valence-electron chi connectivity index (χ1n) is 6.86. The Morgan fingerprint density at radius 3 is 2.11 bits per heavy atom. The molecular weight excluding hydrogens is 216 g/mol. The summed E-state index contributed by atoms with van der Waals surface area (Å²) in [4.78, 5) is 0. The minimum absolute atomic E-state index is 0.268. The van der Waals surface area contributed by atoms with E-state index in [1.807, 2.05) is 0 Å². The smallest absolute Gasteiger partial charge is 0.00890 e. The largest absolute Gasteiger partial charge is 0.0613 e. The van der Waals surface area contributed by atoms with Gasteiger partial charge in [-0.1, -0.05) is 58.0 Å². The molecule has 2 aromatic rings. The van der Waals surface area contributed by atoms with Crippen molar-refractivity contribution in [2.75, 3.05) is 0 Å². The number of rotatable bonds is 0. The van der Waals surface area contributed by atoms with Gasteiger partial charge in [-0.2, -0.15) is 0 Å². The molecule has 2 aromatic carbocycles. The molecule has 0 unspecified atom stereocenters. The second-order valence-corrected chi connectivity index (χ2v) is 7.10. The Balaban J connectivity index is 2.53. The molecule has 0 fully saturated rings. The van der Waals surface area contributed by atoms with Crippen molar-refractivity contribution in [3.8, 4) is 0 Å². The highest BCUT2D eigenvalue weighted by molar-refractivity contribution is 5.93. The zero-order valence-corrected chi connectivity index (χ0v) is 12.1. The van der Waals surface area contributed by atoms with Gasteiger partial charge in [-0.3, -0.25) is 0 Å². The van der Waals surface area contributed by atoms with E-state index in [0.29, 0.717) is 0 Å². The van der Waals surface area contributed by atoms with E-state index in [0.717, 1.165) is 0 Å². The Morgan fingerprint density at radius 1 is 0.833 bits per heavy atom. The summed E-state index contributed by atoms with van der Waals surface area (Å²) in [6.45, 7) is 11.8. The highest BCUT2D eigenvalue weighted by Gasteiger charge is 2.38. The number of hydrogen-bond acceptors (Lipinski definition) is 0. The molecule has 0 heterocycles. The van der Waals surface area contributed by atoms with Crippen molar-refractivity contribution in [3.63, 3.8) is 0 Å². The van der Waals surface area contributed by atoms with Crippen LogP contribution in [-0.4, -0.2) is 0 Å². The van der Waals surface area contributed by atoms with Gasteiger partial charge in [0.15, 0.2) is 0 Å². The molecule has 0 N–H and O–H groups in total. The van der Waals surface area contributed by atoms with Crippen molar-refractivity contribution in [1.29, 1.82) is 0 Å². The maximum Gasteiger partial charge on any atom is -0.00890 e. The molecule has 0 bridgehead atoms. The second kappa shape index (κ2) is 3.38. The first-order valence-corrected chi connectivity index (χ1v) is 6.86. The summed E-state index contributed by atoms with van der Waals surface area (Å²) in [5.41, 5.74) is 4.98. The highest BCUT2D eigenvalue weighted by Crippen LogP contribution is 2.49. The standard InChI is InChI=1S/C18H22/c1-12-9-10-15-16-13(12)7-6-8-14(16)17(2,3)11-18(15,4)5/h6-10H,11H2,1-5H3. The zero-order chi connectivity index (χ0) is 13.1. The molecule has 1 aliphatic rings. The second-order valence-electron chi connectivity index (χ2n) is 7.10. The third kappa shape index (κ3) is 1.44. The predicted octanol–water partition coefficient (Wildman–Crippen LogP) is 5.11. The van der Waals surface area contributed by atoms with E-state index in [1.165, 1.54) is 33.9 Å². The van der Waals surface area contributed by atoms with Gasteiger partial charge in [0.25, 0.3) is 0 Å². The van der Waals surface area contributed by atoms with Gasteiger partial charge < -0.3 is 0 Å². The Hall–Kier alpha value is -1.30. The van der Waals surface area contributed by atoms with Crippen molar-refractivity contribution in [2.24, 2.45) is 0 Å². The van der Waals surface area contributed by atoms with Crippen LogP contribution in [0.25, 0.3) is 10.8 Å². The molecule has 18 heavy (non-hydrogen) atoms. The summed E-state index contributed by atoms with van der Waals surface area (Å²) >= 11 is 0. The molecule has 0 heteroatoms. The van der Waals surface area contributed by atoms with E-state index >= 15 is 0 Å². The molecule has 0 amide bonds. The minimum atomic E-state index is 0.268. The fourth-order valence-electron chi connectivity index (χ4n) is 3.98. The van der Waals surface area contributed by atoms with Gasteiger partial charge >= 0.3 is 0 Å². The van der Waals surface area contributed by atoms with Gasteiger partial charge in [0, 0.05) is 0 Å². The predicted molar refractivity (Wildman–Crippen MR) is 79.4 cm³/mol. The molecule has 1 aliphatic carbocycles. The van der Waals surface area contributed by atoms with Gasteiger partial charge in [0.1, 0.15) is 0 Å². The quantitative estimate of drug-likeness (QED) is 0.598. The molecule has 3 rings (SSSR count). The maximum absolute atomic E-state index is 2.38. The molecule has 0 saturated carbocycles. The van der Waals surface area contributed by atoms with Crippen molar-refractivity contribution in [2.45, 2.75) is 51.9 Å². The van der Waals surface area contributed by atoms with E-state index in [2.05, 4.69) is 65.0 Å². The normalized spacial score (nSPS) is 20.1. The van der Waals surface area contributed by atoms with Crippen LogP contribution in [0.2, 0.25) is 0 Å². The van der Waals surface area contributed by atoms with Crippen molar-refractivity contribution < 1.29 is 0 Å². The molecule has 0 radical (unpaired) electrons. The van der Waals surface area contributed by atoms with Crippen LogP contribution in [0.15, 0.2) is 30.3 Å². The van der Waals surface area contributed by atoms with Crippen LogP contribution in [0.4, 0.5) is 0 Å². The number of aryl methyl sites for hydroxylation is 1. The summed E-state index contributed by atoms with van der Waals surface area (Å²) in [6, 6.07) is 11.4. The topological polar surface area (TPSA) is 0 Å². The fraction of sp³-hybridized carbons (Fsp3) is 0.444. The number of benzene rings is 2. The Labute approximate surface area is 110 Å². The van der Waals surface area contributed by atoms with E-state index in [-0.39, 0.29) is 10.8 Å². The average Bonchev–Trinajstić information content (AvgIpc) is 2.26. The third-order valence-corrected chi connectivity index (χ3v) is 4.60. The number of hydrogen-bond donors (Lipinski definition) is 0. The van der Waals surface area contributed by atoms with Crippen LogP contribution in [0, 0.1) is 6.92 Å². The average molecular weight is 238 g/mol. The first kappa shape index (κ1) is 11.8. The molecule has 0 spiro atoms. The monoisotopic (exact) mass is 238 g/mol. The lowest BCUT2D eigenvalue weighted by Gasteiger charge is -2.42. The third-order valence-electron chi connectivity index (χ3n) is 4.60. The molecule has 0 aliphatic heterocycles. The van der Waals surface area contributed by atoms with Crippen molar-refractivity contribution in [1.82, 2.24) is 0 Å². The highest BCUT2D eigenvalue weighted by atomic mass is 14.4. The summed E-state index contributed by atoms with van der Waals surface area (Å²) in [6.07, 6.45) is 1.22. The Kier molecular flexibility index (Phi) is 2.21. The van der Waals surface area contributed by atoms with Gasteiger partial charge in [0.05, 0.1) is 0 Å². The Morgan fingerprint density at radius 2 is 1.44 bits per heavy atom. The molecule has 0 nitrogen and oxygen atoms in total. The molecule has 94 valence electrons. The van der Waals surface area contributed by atoms with Crippen LogP contribution < -0.4 is 0 Å².